The summed E-state index contributed by atoms with van der Waals surface area (Å²) in [4.78, 5) is 14.3. The maximum absolute atomic E-state index is 12.4. The zero-order valence-corrected chi connectivity index (χ0v) is 18.1. The lowest BCUT2D eigenvalue weighted by atomic mass is 10.2. The summed E-state index contributed by atoms with van der Waals surface area (Å²) in [6, 6.07) is 6.56. The van der Waals surface area contributed by atoms with Crippen LogP contribution in [0.1, 0.15) is 12.5 Å². The van der Waals surface area contributed by atoms with Crippen molar-refractivity contribution in [2.45, 2.75) is 18.4 Å². The number of hydrogen-bond donors (Lipinski definition) is 1. The minimum absolute atomic E-state index is 0.0722. The Morgan fingerprint density at radius 2 is 1.68 bits per heavy atom. The highest BCUT2D eigenvalue weighted by molar-refractivity contribution is 7.89. The molecule has 1 aromatic carbocycles. The number of nitrogens with one attached hydrogen (secondary N) is 1. The van der Waals surface area contributed by atoms with Crippen molar-refractivity contribution in [3.63, 3.8) is 0 Å². The van der Waals surface area contributed by atoms with Gasteiger partial charge in [0, 0.05) is 46.8 Å². The number of benzene rings is 1. The van der Waals surface area contributed by atoms with Gasteiger partial charge in [-0.1, -0.05) is 18.2 Å². The van der Waals surface area contributed by atoms with Crippen molar-refractivity contribution in [3.8, 4) is 0 Å². The molecule has 158 valence electrons. The fraction of sp³-hybridized carbons (Fsp3) is 0.588. The SMILES string of the molecule is CCS(=O)(=O)N1CCN(CC(=O)NCc2ccccc2S(=O)(=O)N(C)C)CC1. The summed E-state index contributed by atoms with van der Waals surface area (Å²) in [6.07, 6.45) is 0. The van der Waals surface area contributed by atoms with Crippen molar-refractivity contribution in [2.24, 2.45) is 0 Å². The van der Waals surface area contributed by atoms with E-state index in [-0.39, 0.29) is 29.6 Å². The molecule has 11 heteroatoms. The first-order valence-electron chi connectivity index (χ1n) is 9.05. The molecule has 1 amide bonds. The second-order valence-electron chi connectivity index (χ2n) is 6.75. The first kappa shape index (κ1) is 22.8. The summed E-state index contributed by atoms with van der Waals surface area (Å²) < 4.78 is 51.1. The molecule has 0 bridgehead atoms. The zero-order valence-electron chi connectivity index (χ0n) is 16.5. The molecule has 0 aliphatic carbocycles. The molecule has 0 unspecified atom stereocenters. The van der Waals surface area contributed by atoms with Gasteiger partial charge >= 0.3 is 0 Å². The van der Waals surface area contributed by atoms with Crippen LogP contribution in [0.15, 0.2) is 29.2 Å². The van der Waals surface area contributed by atoms with E-state index < -0.39 is 20.0 Å². The van der Waals surface area contributed by atoms with Gasteiger partial charge in [0.25, 0.3) is 0 Å². The number of nitrogens with zero attached hydrogens (tertiary/aromatic N) is 3. The van der Waals surface area contributed by atoms with Crippen LogP contribution in [-0.2, 0) is 31.4 Å². The average Bonchev–Trinajstić information content (AvgIpc) is 2.67. The molecule has 28 heavy (non-hydrogen) atoms. The van der Waals surface area contributed by atoms with Crippen LogP contribution in [0.4, 0.5) is 0 Å². The summed E-state index contributed by atoms with van der Waals surface area (Å²) in [5, 5.41) is 2.75. The number of sulfonamides is 2. The van der Waals surface area contributed by atoms with E-state index in [4.69, 9.17) is 0 Å². The Hall–Kier alpha value is -1.53. The van der Waals surface area contributed by atoms with Crippen molar-refractivity contribution in [1.29, 1.82) is 0 Å². The predicted octanol–water partition coefficient (Wildman–Crippen LogP) is -0.480. The Kier molecular flexibility index (Phi) is 7.57. The third-order valence-corrected chi connectivity index (χ3v) is 8.46. The van der Waals surface area contributed by atoms with Gasteiger partial charge < -0.3 is 5.32 Å². The van der Waals surface area contributed by atoms with Gasteiger partial charge in [0.2, 0.25) is 26.0 Å². The molecule has 1 aliphatic heterocycles. The van der Waals surface area contributed by atoms with E-state index >= 15 is 0 Å². The first-order valence-corrected chi connectivity index (χ1v) is 12.1. The Bertz CT molecular complexity index is 892. The smallest absolute Gasteiger partial charge is 0.242 e. The normalized spacial score (nSPS) is 17.0. The molecule has 1 fully saturated rings. The number of amides is 1. The largest absolute Gasteiger partial charge is 0.351 e. The van der Waals surface area contributed by atoms with Crippen molar-refractivity contribution in [3.05, 3.63) is 29.8 Å². The van der Waals surface area contributed by atoms with Gasteiger partial charge in [-0.15, -0.1) is 0 Å². The molecule has 9 nitrogen and oxygen atoms in total. The van der Waals surface area contributed by atoms with Crippen LogP contribution in [0.2, 0.25) is 0 Å². The fourth-order valence-electron chi connectivity index (χ4n) is 2.90. The second kappa shape index (κ2) is 9.31. The number of rotatable bonds is 8. The number of carbonyl (C=O) groups is 1. The minimum Gasteiger partial charge on any atom is -0.351 e. The second-order valence-corrected chi connectivity index (χ2v) is 11.1. The van der Waals surface area contributed by atoms with E-state index in [0.717, 1.165) is 4.31 Å². The summed E-state index contributed by atoms with van der Waals surface area (Å²) in [5.41, 5.74) is 0.517. The molecule has 0 radical (unpaired) electrons. The molecular formula is C17H28N4O5S2. The molecule has 0 aromatic heterocycles. The van der Waals surface area contributed by atoms with Gasteiger partial charge in [-0.2, -0.15) is 4.31 Å². The van der Waals surface area contributed by atoms with Crippen LogP contribution in [0.3, 0.4) is 0 Å². The van der Waals surface area contributed by atoms with Gasteiger partial charge in [-0.05, 0) is 18.6 Å². The molecule has 0 saturated carbocycles. The molecule has 1 aliphatic rings. The monoisotopic (exact) mass is 432 g/mol. The highest BCUT2D eigenvalue weighted by Gasteiger charge is 2.26. The van der Waals surface area contributed by atoms with Crippen LogP contribution in [0.25, 0.3) is 0 Å². The lowest BCUT2D eigenvalue weighted by Gasteiger charge is -2.33. The standard InChI is InChI=1S/C17H28N4O5S2/c1-4-27(23,24)21-11-9-20(10-12-21)14-17(22)18-13-15-7-5-6-8-16(15)28(25,26)19(2)3/h5-8H,4,9-14H2,1-3H3,(H,18,22). The third kappa shape index (κ3) is 5.51. The molecule has 0 spiro atoms. The Morgan fingerprint density at radius 3 is 2.25 bits per heavy atom. The van der Waals surface area contributed by atoms with Crippen LogP contribution < -0.4 is 5.32 Å². The topological polar surface area (TPSA) is 107 Å². The van der Waals surface area contributed by atoms with E-state index in [0.29, 0.717) is 31.7 Å². The van der Waals surface area contributed by atoms with Gasteiger partial charge in [-0.25, -0.2) is 21.1 Å². The van der Waals surface area contributed by atoms with E-state index in [9.17, 15) is 21.6 Å². The highest BCUT2D eigenvalue weighted by atomic mass is 32.2. The molecule has 0 atom stereocenters. The average molecular weight is 433 g/mol. The molecule has 2 rings (SSSR count). The Labute approximate surface area is 167 Å². The van der Waals surface area contributed by atoms with Crippen LogP contribution in [-0.4, -0.2) is 88.8 Å². The van der Waals surface area contributed by atoms with Gasteiger partial charge in [0.1, 0.15) is 0 Å². The van der Waals surface area contributed by atoms with Crippen molar-refractivity contribution in [1.82, 2.24) is 18.8 Å². The lowest BCUT2D eigenvalue weighted by Crippen LogP contribution is -2.51. The van der Waals surface area contributed by atoms with Crippen molar-refractivity contribution in [2.75, 3.05) is 52.6 Å². The highest BCUT2D eigenvalue weighted by Crippen LogP contribution is 2.18. The summed E-state index contributed by atoms with van der Waals surface area (Å²) >= 11 is 0. The summed E-state index contributed by atoms with van der Waals surface area (Å²) in [5.74, 6) is -0.160. The van der Waals surface area contributed by atoms with Crippen LogP contribution >= 0.6 is 0 Å². The van der Waals surface area contributed by atoms with Crippen molar-refractivity contribution >= 4 is 26.0 Å². The van der Waals surface area contributed by atoms with Gasteiger partial charge in [0.15, 0.2) is 0 Å². The molecule has 1 aromatic rings. The third-order valence-electron chi connectivity index (χ3n) is 4.66. The maximum Gasteiger partial charge on any atom is 0.242 e. The van der Waals surface area contributed by atoms with E-state index in [1.807, 2.05) is 4.90 Å². The molecule has 1 heterocycles. The van der Waals surface area contributed by atoms with Gasteiger partial charge in [-0.3, -0.25) is 9.69 Å². The Balaban J connectivity index is 1.91. The quantitative estimate of drug-likeness (QED) is 0.595. The summed E-state index contributed by atoms with van der Waals surface area (Å²) in [7, 11) is -3.87. The zero-order chi connectivity index (χ0) is 20.9. The maximum atomic E-state index is 12.4. The predicted molar refractivity (Wildman–Crippen MR) is 107 cm³/mol. The molecule has 1 N–H and O–H groups in total. The molecular weight excluding hydrogens is 404 g/mol. The van der Waals surface area contributed by atoms with Crippen LogP contribution in [0.5, 0.6) is 0 Å². The lowest BCUT2D eigenvalue weighted by molar-refractivity contribution is -0.122. The van der Waals surface area contributed by atoms with E-state index in [2.05, 4.69) is 5.32 Å². The number of hydrogen-bond acceptors (Lipinski definition) is 6. The summed E-state index contributed by atoms with van der Waals surface area (Å²) in [6.45, 7) is 3.57. The number of piperazine rings is 1. The number of carbonyl (C=O) groups excluding carboxylic acids is 1. The Morgan fingerprint density at radius 1 is 1.07 bits per heavy atom. The van der Waals surface area contributed by atoms with Crippen LogP contribution in [0, 0.1) is 0 Å². The first-order chi connectivity index (χ1) is 13.1. The molecule has 1 saturated heterocycles. The van der Waals surface area contributed by atoms with E-state index in [1.165, 1.54) is 24.5 Å². The van der Waals surface area contributed by atoms with Crippen molar-refractivity contribution < 1.29 is 21.6 Å². The van der Waals surface area contributed by atoms with Gasteiger partial charge in [0.05, 0.1) is 17.2 Å². The minimum atomic E-state index is -3.60. The van der Waals surface area contributed by atoms with E-state index in [1.54, 1.807) is 25.1 Å². The fourth-order valence-corrected chi connectivity index (χ4v) is 5.10.